The number of aryl methyl sites for hydroxylation is 1. The summed E-state index contributed by atoms with van der Waals surface area (Å²) < 4.78 is 65.8. The van der Waals surface area contributed by atoms with Crippen LogP contribution in [0.1, 0.15) is 18.8 Å². The number of halogens is 1. The molecule has 1 aromatic heterocycles. The summed E-state index contributed by atoms with van der Waals surface area (Å²) in [4.78, 5) is 39.4. The van der Waals surface area contributed by atoms with Crippen LogP contribution in [-0.4, -0.2) is 63.5 Å². The summed E-state index contributed by atoms with van der Waals surface area (Å²) in [5.74, 6) is -3.38. The molecule has 1 aromatic rings. The Balaban J connectivity index is 2.21. The monoisotopic (exact) mass is 530 g/mol. The Bertz CT molecular complexity index is 1050. The van der Waals surface area contributed by atoms with E-state index in [0.29, 0.717) is 5.69 Å². The fourth-order valence-corrected chi connectivity index (χ4v) is 5.88. The zero-order valence-corrected chi connectivity index (χ0v) is 19.1. The molecule has 0 bridgehead atoms. The van der Waals surface area contributed by atoms with Gasteiger partial charge in [0.1, 0.15) is 18.3 Å². The summed E-state index contributed by atoms with van der Waals surface area (Å²) >= 11 is 5.00. The van der Waals surface area contributed by atoms with Crippen molar-refractivity contribution >= 4 is 35.7 Å². The molecule has 1 fully saturated rings. The van der Waals surface area contributed by atoms with Gasteiger partial charge in [-0.25, -0.2) is 23.1 Å². The first-order chi connectivity index (χ1) is 13.8. The van der Waals surface area contributed by atoms with Crippen molar-refractivity contribution in [2.24, 2.45) is 0 Å². The number of rotatable bonds is 8. The maximum absolute atomic E-state index is 15.2. The predicted molar refractivity (Wildman–Crippen MR) is 98.2 cm³/mol. The molecular formula is C11H18FN2O13P3S. The molecule has 2 heterocycles. The van der Waals surface area contributed by atoms with Gasteiger partial charge >= 0.3 is 23.5 Å². The summed E-state index contributed by atoms with van der Waals surface area (Å²) in [5.41, 5.74) is -1.89. The highest BCUT2D eigenvalue weighted by atomic mass is 32.1. The quantitative estimate of drug-likeness (QED) is 0.199. The summed E-state index contributed by atoms with van der Waals surface area (Å²) in [5, 5.41) is 20.7. The minimum absolute atomic E-state index is 0.158. The van der Waals surface area contributed by atoms with E-state index in [-0.39, 0.29) is 4.77 Å². The molecule has 0 amide bonds. The first kappa shape index (κ1) is 26.8. The number of hydrogen-bond donors (Lipinski definition) is 6. The predicted octanol–water partition coefficient (Wildman–Crippen LogP) is 0.571. The third kappa shape index (κ3) is 6.53. The number of alkyl halides is 1. The molecule has 0 saturated carbocycles. The lowest BCUT2D eigenvalue weighted by Gasteiger charge is -2.28. The molecule has 1 saturated heterocycles. The van der Waals surface area contributed by atoms with E-state index in [9.17, 15) is 28.8 Å². The Morgan fingerprint density at radius 1 is 1.26 bits per heavy atom. The van der Waals surface area contributed by atoms with Crippen LogP contribution in [0.3, 0.4) is 0 Å². The lowest BCUT2D eigenvalue weighted by molar-refractivity contribution is -0.204. The maximum Gasteiger partial charge on any atom is 0.490 e. The van der Waals surface area contributed by atoms with Gasteiger partial charge in [-0.1, -0.05) is 0 Å². The van der Waals surface area contributed by atoms with Crippen molar-refractivity contribution in [3.05, 3.63) is 22.7 Å². The van der Waals surface area contributed by atoms with Crippen molar-refractivity contribution in [1.82, 2.24) is 9.55 Å². The van der Waals surface area contributed by atoms with E-state index < -0.39 is 53.9 Å². The van der Waals surface area contributed by atoms with Gasteiger partial charge < -0.3 is 34.5 Å². The standard InChI is InChI=1S/C11H18FN2O13P3S/c1-6-3-4-14(9(31)13-6)8-10(2,16)7(15)11(12,25-8)5-24-29(20,21)27-30(22,23)26-28(17,18)19/h3-4,7-8,15-16H,5H2,1-2H3,(H,20,21)(H,22,23)(H2,17,18,19)/t7?,8-,10-,11-/m1/s1. The molecule has 1 aliphatic rings. The van der Waals surface area contributed by atoms with E-state index >= 15 is 4.39 Å². The zero-order chi connectivity index (χ0) is 24.0. The molecule has 31 heavy (non-hydrogen) atoms. The highest BCUT2D eigenvalue weighted by Gasteiger charge is 2.63. The van der Waals surface area contributed by atoms with Gasteiger partial charge in [0.25, 0.3) is 5.85 Å². The second kappa shape index (κ2) is 8.70. The Morgan fingerprint density at radius 3 is 2.35 bits per heavy atom. The molecule has 6 atom stereocenters. The number of aliphatic hydroxyl groups excluding tert-OH is 1. The van der Waals surface area contributed by atoms with Crippen LogP contribution in [0.4, 0.5) is 4.39 Å². The molecule has 6 N–H and O–H groups in total. The average Bonchev–Trinajstić information content (AvgIpc) is 2.71. The van der Waals surface area contributed by atoms with Gasteiger partial charge in [0, 0.05) is 11.9 Å². The number of aliphatic hydroxyl groups is 2. The summed E-state index contributed by atoms with van der Waals surface area (Å²) in [6, 6.07) is 1.44. The number of nitrogens with zero attached hydrogens (tertiary/aromatic N) is 2. The van der Waals surface area contributed by atoms with E-state index in [1.165, 1.54) is 12.3 Å². The molecule has 0 aliphatic carbocycles. The van der Waals surface area contributed by atoms with Gasteiger partial charge in [-0.3, -0.25) is 9.09 Å². The van der Waals surface area contributed by atoms with Crippen LogP contribution >= 0.6 is 35.7 Å². The molecule has 15 nitrogen and oxygen atoms in total. The molecule has 0 aromatic carbocycles. The molecule has 0 radical (unpaired) electrons. The number of phosphoric acid groups is 3. The summed E-state index contributed by atoms with van der Waals surface area (Å²) in [6.45, 7) is 0.929. The minimum Gasteiger partial charge on any atom is -0.384 e. The Morgan fingerprint density at radius 2 is 1.84 bits per heavy atom. The van der Waals surface area contributed by atoms with Gasteiger partial charge in [-0.05, 0) is 32.1 Å². The maximum atomic E-state index is 15.2. The third-order valence-electron chi connectivity index (χ3n) is 3.83. The Kier molecular flexibility index (Phi) is 7.52. The van der Waals surface area contributed by atoms with E-state index in [2.05, 4.69) is 18.1 Å². The second-order valence-electron chi connectivity index (χ2n) is 6.51. The highest BCUT2D eigenvalue weighted by Crippen LogP contribution is 2.66. The lowest BCUT2D eigenvalue weighted by atomic mass is 9.95. The summed E-state index contributed by atoms with van der Waals surface area (Å²) in [7, 11) is -17.2. The zero-order valence-electron chi connectivity index (χ0n) is 15.6. The van der Waals surface area contributed by atoms with Crippen LogP contribution in [0.5, 0.6) is 0 Å². The van der Waals surface area contributed by atoms with Gasteiger partial charge in [0.2, 0.25) is 4.77 Å². The normalized spacial score (nSPS) is 33.1. The Hall–Kier alpha value is -0.480. The SMILES string of the molecule is Cc1ccn([C@@H]2O[C@](F)(COP(=O)(O)OP(=O)(O)OP(=O)(O)O)C(O)[C@@]2(C)O)c(=S)n1. The first-order valence-corrected chi connectivity index (χ1v) is 12.8. The van der Waals surface area contributed by atoms with Crippen molar-refractivity contribution in [3.8, 4) is 0 Å². The summed E-state index contributed by atoms with van der Waals surface area (Å²) in [6.07, 6.45) is -2.80. The largest absolute Gasteiger partial charge is 0.490 e. The van der Waals surface area contributed by atoms with Crippen molar-refractivity contribution in [1.29, 1.82) is 0 Å². The lowest BCUT2D eigenvalue weighted by Crippen LogP contribution is -2.49. The van der Waals surface area contributed by atoms with Crippen molar-refractivity contribution < 1.29 is 65.8 Å². The van der Waals surface area contributed by atoms with Crippen LogP contribution in [0, 0.1) is 11.7 Å². The molecule has 1 aliphatic heterocycles. The topological polar surface area (TPSA) is 227 Å². The van der Waals surface area contributed by atoms with Crippen LogP contribution in [0.15, 0.2) is 12.3 Å². The number of aromatic nitrogens is 2. The van der Waals surface area contributed by atoms with Crippen LogP contribution in [0.25, 0.3) is 0 Å². The fourth-order valence-electron chi connectivity index (χ4n) is 2.54. The molecular weight excluding hydrogens is 512 g/mol. The molecule has 0 spiro atoms. The first-order valence-electron chi connectivity index (χ1n) is 7.89. The average molecular weight is 530 g/mol. The number of phosphoric ester groups is 1. The van der Waals surface area contributed by atoms with Gasteiger partial charge in [0.05, 0.1) is 0 Å². The minimum atomic E-state index is -5.83. The Labute approximate surface area is 178 Å². The molecule has 20 heteroatoms. The van der Waals surface area contributed by atoms with Crippen molar-refractivity contribution in [2.45, 2.75) is 37.6 Å². The van der Waals surface area contributed by atoms with Crippen molar-refractivity contribution in [2.75, 3.05) is 6.61 Å². The van der Waals surface area contributed by atoms with E-state index in [1.54, 1.807) is 6.92 Å². The van der Waals surface area contributed by atoms with Crippen LogP contribution in [-0.2, 0) is 31.6 Å². The van der Waals surface area contributed by atoms with Gasteiger partial charge in [-0.15, -0.1) is 0 Å². The van der Waals surface area contributed by atoms with Crippen molar-refractivity contribution in [3.63, 3.8) is 0 Å². The van der Waals surface area contributed by atoms with Crippen LogP contribution < -0.4 is 0 Å². The number of ether oxygens (including phenoxy) is 1. The highest BCUT2D eigenvalue weighted by molar-refractivity contribution is 7.71. The second-order valence-corrected chi connectivity index (χ2v) is 11.3. The smallest absolute Gasteiger partial charge is 0.384 e. The molecule has 2 rings (SSSR count). The number of hydrogen-bond acceptors (Lipinski definition) is 11. The third-order valence-corrected chi connectivity index (χ3v) is 7.92. The fraction of sp³-hybridized carbons (Fsp3) is 0.636. The van der Waals surface area contributed by atoms with E-state index in [4.69, 9.17) is 31.6 Å². The van der Waals surface area contributed by atoms with Gasteiger partial charge in [0.15, 0.2) is 6.23 Å². The molecule has 178 valence electrons. The van der Waals surface area contributed by atoms with Gasteiger partial charge in [-0.2, -0.15) is 8.62 Å². The van der Waals surface area contributed by atoms with Crippen LogP contribution in [0.2, 0.25) is 0 Å². The van der Waals surface area contributed by atoms with E-state index in [1.807, 2.05) is 0 Å². The molecule has 3 unspecified atom stereocenters. The van der Waals surface area contributed by atoms with E-state index in [0.717, 1.165) is 11.5 Å².